The maximum Gasteiger partial charge on any atom is 0.218 e. The van der Waals surface area contributed by atoms with Crippen LogP contribution in [0.3, 0.4) is 0 Å². The first-order valence-electron chi connectivity index (χ1n) is 9.94. The molecule has 160 valence electrons. The van der Waals surface area contributed by atoms with Crippen LogP contribution < -0.4 is 4.74 Å². The van der Waals surface area contributed by atoms with Crippen molar-refractivity contribution in [3.8, 4) is 11.6 Å². The van der Waals surface area contributed by atoms with Gasteiger partial charge < -0.3 is 4.74 Å². The van der Waals surface area contributed by atoms with E-state index in [1.807, 2.05) is 43.5 Å². The van der Waals surface area contributed by atoms with Gasteiger partial charge in [-0.05, 0) is 55.1 Å². The Hall–Kier alpha value is -3.77. The van der Waals surface area contributed by atoms with E-state index in [-0.39, 0.29) is 5.78 Å². The van der Waals surface area contributed by atoms with Crippen LogP contribution in [0.4, 0.5) is 0 Å². The van der Waals surface area contributed by atoms with Crippen LogP contribution in [-0.2, 0) is 6.42 Å². The number of nitrogens with zero attached hydrogens (tertiary/aromatic N) is 4. The molecule has 0 radical (unpaired) electrons. The van der Waals surface area contributed by atoms with E-state index in [2.05, 4.69) is 16.8 Å². The maximum absolute atomic E-state index is 12.5. The molecule has 2 aromatic heterocycles. The number of pyridine rings is 1. The van der Waals surface area contributed by atoms with Crippen LogP contribution in [0.5, 0.6) is 5.88 Å². The largest absolute Gasteiger partial charge is 0.481 e. The lowest BCUT2D eigenvalue weighted by molar-refractivity contribution is 0.104. The van der Waals surface area contributed by atoms with E-state index in [9.17, 15) is 4.79 Å². The third-order valence-corrected chi connectivity index (χ3v) is 5.60. The molecule has 0 unspecified atom stereocenters. The van der Waals surface area contributed by atoms with Gasteiger partial charge in [0.15, 0.2) is 5.78 Å². The van der Waals surface area contributed by atoms with Crippen molar-refractivity contribution >= 4 is 35.0 Å². The van der Waals surface area contributed by atoms with Gasteiger partial charge in [0.2, 0.25) is 5.88 Å². The van der Waals surface area contributed by atoms with Gasteiger partial charge in [0.25, 0.3) is 0 Å². The summed E-state index contributed by atoms with van der Waals surface area (Å²) in [6.45, 7) is 5.25. The third kappa shape index (κ3) is 4.18. The number of carbonyl (C=O) groups excluding carboxylic acids is 1. The molecule has 0 saturated carbocycles. The highest BCUT2D eigenvalue weighted by atomic mass is 35.5. The van der Waals surface area contributed by atoms with Crippen LogP contribution in [0.2, 0.25) is 5.02 Å². The SMILES string of the molecule is C=NC=CC(=O)c1cc(C)c2nc(OC)c(Cc3ccc(-n4cccn4)cc3)c(Cl)c2c1. The topological polar surface area (TPSA) is 69.4 Å². The number of aromatic nitrogens is 3. The number of methoxy groups -OCH3 is 1. The number of fused-ring (bicyclic) bond motifs is 1. The lowest BCUT2D eigenvalue weighted by Crippen LogP contribution is -2.02. The Bertz CT molecular complexity index is 1330. The molecular formula is C25H21ClN4O2. The normalized spacial score (nSPS) is 11.2. The average Bonchev–Trinajstić information content (AvgIpc) is 3.35. The molecule has 6 nitrogen and oxygen atoms in total. The summed E-state index contributed by atoms with van der Waals surface area (Å²) < 4.78 is 7.37. The van der Waals surface area contributed by atoms with E-state index in [0.29, 0.717) is 33.8 Å². The highest BCUT2D eigenvalue weighted by Gasteiger charge is 2.18. The molecule has 4 rings (SSSR count). The van der Waals surface area contributed by atoms with Gasteiger partial charge in [0, 0.05) is 47.6 Å². The number of ketones is 1. The molecule has 0 spiro atoms. The Kier molecular flexibility index (Phi) is 6.14. The highest BCUT2D eigenvalue weighted by molar-refractivity contribution is 6.36. The molecule has 0 aliphatic carbocycles. The van der Waals surface area contributed by atoms with E-state index in [4.69, 9.17) is 21.3 Å². The summed E-state index contributed by atoms with van der Waals surface area (Å²) in [5.74, 6) is 0.293. The summed E-state index contributed by atoms with van der Waals surface area (Å²) >= 11 is 6.85. The van der Waals surface area contributed by atoms with Gasteiger partial charge >= 0.3 is 0 Å². The molecule has 7 heteroatoms. The van der Waals surface area contributed by atoms with Crippen molar-refractivity contribution in [1.82, 2.24) is 14.8 Å². The first kappa shape index (κ1) is 21.5. The van der Waals surface area contributed by atoms with Gasteiger partial charge in [0.05, 0.1) is 23.3 Å². The zero-order valence-corrected chi connectivity index (χ0v) is 18.5. The van der Waals surface area contributed by atoms with Gasteiger partial charge in [-0.1, -0.05) is 23.7 Å². The molecule has 0 aliphatic heterocycles. The van der Waals surface area contributed by atoms with Crippen molar-refractivity contribution in [3.63, 3.8) is 0 Å². The fourth-order valence-electron chi connectivity index (χ4n) is 3.59. The summed E-state index contributed by atoms with van der Waals surface area (Å²) in [5.41, 5.74) is 4.83. The zero-order valence-electron chi connectivity index (χ0n) is 17.7. The molecular weight excluding hydrogens is 424 g/mol. The highest BCUT2D eigenvalue weighted by Crippen LogP contribution is 2.36. The molecule has 0 fully saturated rings. The third-order valence-electron chi connectivity index (χ3n) is 5.17. The van der Waals surface area contributed by atoms with E-state index < -0.39 is 0 Å². The number of aryl methyl sites for hydroxylation is 1. The summed E-state index contributed by atoms with van der Waals surface area (Å²) in [6, 6.07) is 13.5. The molecule has 0 atom stereocenters. The Morgan fingerprint density at radius 1 is 1.28 bits per heavy atom. The summed E-state index contributed by atoms with van der Waals surface area (Å²) in [5, 5.41) is 5.48. The van der Waals surface area contributed by atoms with Crippen molar-refractivity contribution in [3.05, 3.63) is 94.4 Å². The second-order valence-corrected chi connectivity index (χ2v) is 7.64. The van der Waals surface area contributed by atoms with Gasteiger partial charge in [-0.25, -0.2) is 9.67 Å². The number of carbonyl (C=O) groups is 1. The van der Waals surface area contributed by atoms with Gasteiger partial charge in [0.1, 0.15) is 0 Å². The fourth-order valence-corrected chi connectivity index (χ4v) is 3.89. The van der Waals surface area contributed by atoms with E-state index in [0.717, 1.165) is 22.4 Å². The Balaban J connectivity index is 1.76. The van der Waals surface area contributed by atoms with Crippen molar-refractivity contribution < 1.29 is 9.53 Å². The molecule has 2 heterocycles. The number of allylic oxidation sites excluding steroid dienone is 1. The summed E-state index contributed by atoms with van der Waals surface area (Å²) in [6.07, 6.45) is 6.91. The molecule has 0 aliphatic rings. The van der Waals surface area contributed by atoms with Crippen LogP contribution in [-0.4, -0.2) is 34.4 Å². The first-order valence-corrected chi connectivity index (χ1v) is 10.3. The lowest BCUT2D eigenvalue weighted by atomic mass is 9.99. The minimum Gasteiger partial charge on any atom is -0.481 e. The number of benzene rings is 2. The average molecular weight is 445 g/mol. The molecule has 0 bridgehead atoms. The summed E-state index contributed by atoms with van der Waals surface area (Å²) in [7, 11) is 1.58. The molecule has 0 amide bonds. The monoisotopic (exact) mass is 444 g/mol. The first-order chi connectivity index (χ1) is 15.5. The Labute approximate surface area is 190 Å². The van der Waals surface area contributed by atoms with E-state index >= 15 is 0 Å². The predicted molar refractivity (Wildman–Crippen MR) is 127 cm³/mol. The van der Waals surface area contributed by atoms with Crippen LogP contribution >= 0.6 is 11.6 Å². The quantitative estimate of drug-likeness (QED) is 0.218. The number of hydrogen-bond donors (Lipinski definition) is 0. The summed E-state index contributed by atoms with van der Waals surface area (Å²) in [4.78, 5) is 20.8. The van der Waals surface area contributed by atoms with Crippen molar-refractivity contribution in [2.45, 2.75) is 13.3 Å². The smallest absolute Gasteiger partial charge is 0.218 e. The molecule has 4 aromatic rings. The van der Waals surface area contributed by atoms with Crippen molar-refractivity contribution in [2.75, 3.05) is 7.11 Å². The molecule has 2 aromatic carbocycles. The minimum absolute atomic E-state index is 0.176. The lowest BCUT2D eigenvalue weighted by Gasteiger charge is -2.15. The van der Waals surface area contributed by atoms with Crippen molar-refractivity contribution in [2.24, 2.45) is 4.99 Å². The van der Waals surface area contributed by atoms with E-state index in [1.165, 1.54) is 12.3 Å². The van der Waals surface area contributed by atoms with Crippen LogP contribution in [0.15, 0.2) is 72.1 Å². The van der Waals surface area contributed by atoms with Crippen molar-refractivity contribution in [1.29, 1.82) is 0 Å². The number of rotatable bonds is 7. The van der Waals surface area contributed by atoms with Crippen LogP contribution in [0.1, 0.15) is 27.0 Å². The van der Waals surface area contributed by atoms with E-state index in [1.54, 1.807) is 30.1 Å². The van der Waals surface area contributed by atoms with Gasteiger partial charge in [-0.3, -0.25) is 9.79 Å². The number of halogens is 1. The second-order valence-electron chi connectivity index (χ2n) is 7.26. The molecule has 32 heavy (non-hydrogen) atoms. The Morgan fingerprint density at radius 3 is 2.72 bits per heavy atom. The number of aliphatic imine (C=N–C) groups is 1. The molecule has 0 saturated heterocycles. The molecule has 0 N–H and O–H groups in total. The number of hydrogen-bond acceptors (Lipinski definition) is 5. The van der Waals surface area contributed by atoms with Gasteiger partial charge in [-0.15, -0.1) is 0 Å². The maximum atomic E-state index is 12.5. The van der Waals surface area contributed by atoms with Crippen LogP contribution in [0, 0.1) is 6.92 Å². The van der Waals surface area contributed by atoms with Crippen LogP contribution in [0.25, 0.3) is 16.6 Å². The predicted octanol–water partition coefficient (Wildman–Crippen LogP) is 5.38. The zero-order chi connectivity index (χ0) is 22.7. The standard InChI is InChI=1S/C25H21ClN4O2/c1-16-13-18(22(31)9-11-27-2)15-20-23(26)21(25(32-3)29-24(16)20)14-17-5-7-19(8-6-17)30-12-4-10-28-30/h4-13,15H,2,14H2,1,3H3. The fraction of sp³-hybridized carbons (Fsp3) is 0.120. The number of ether oxygens (including phenoxy) is 1. The van der Waals surface area contributed by atoms with Gasteiger partial charge in [-0.2, -0.15) is 5.10 Å². The second kappa shape index (κ2) is 9.16. The minimum atomic E-state index is -0.176. The Morgan fingerprint density at radius 2 is 2.06 bits per heavy atom.